The Bertz CT molecular complexity index is 5880. The van der Waals surface area contributed by atoms with Gasteiger partial charge in [-0.1, -0.05) is 113 Å². The van der Waals surface area contributed by atoms with Crippen molar-refractivity contribution in [3.8, 4) is 69.3 Å². The Hall–Kier alpha value is -12.4. The molecule has 9 heteroatoms. The smallest absolute Gasteiger partial charge is 0.244 e. The third-order valence-electron chi connectivity index (χ3n) is 19.2. The average molecular weight is 1110 g/mol. The van der Waals surface area contributed by atoms with Gasteiger partial charge in [0.1, 0.15) is 0 Å². The molecule has 0 saturated carbocycles. The maximum absolute atomic E-state index is 10.1. The first-order valence-electron chi connectivity index (χ1n) is 29.5. The number of para-hydroxylation sites is 4. The van der Waals surface area contributed by atoms with Crippen LogP contribution in [0.2, 0.25) is 0 Å². The molecule has 2 aliphatic rings. The molecule has 400 valence electrons. The minimum atomic E-state index is -0.270. The molecule has 0 fully saturated rings. The van der Waals surface area contributed by atoms with Crippen LogP contribution in [0.25, 0.3) is 154 Å². The highest BCUT2D eigenvalue weighted by Crippen LogP contribution is 2.52. The number of fused-ring (bicyclic) bond motifs is 20. The summed E-state index contributed by atoms with van der Waals surface area (Å²) in [6.45, 7) is 1.98. The Kier molecular flexibility index (Phi) is 9.47. The highest BCUT2D eigenvalue weighted by atomic mass is 15.0. The molecule has 13 aromatic carbocycles. The topological polar surface area (TPSA) is 115 Å². The number of nitrogens with zero attached hydrogens (tertiary/aromatic N) is 8. The Morgan fingerprint density at radius 3 is 0.886 bits per heavy atom. The van der Waals surface area contributed by atoms with Crippen LogP contribution in [0.5, 0.6) is 0 Å². The second-order valence-electron chi connectivity index (χ2n) is 23.6. The van der Waals surface area contributed by atoms with Gasteiger partial charge in [0.25, 0.3) is 0 Å². The van der Waals surface area contributed by atoms with E-state index in [0.29, 0.717) is 22.3 Å². The van der Waals surface area contributed by atoms with Crippen molar-refractivity contribution in [2.24, 2.45) is 0 Å². The van der Waals surface area contributed by atoms with E-state index >= 15 is 0 Å². The first-order valence-corrected chi connectivity index (χ1v) is 29.5. The SMILES string of the molecule is Cc1cc2c3c(c1)-c1c4c(cc5c6ccccc6n(-c6ccc(C#N)cc6)c5c4cc4c5ccccc5n(-c5ccc(C#N)cc5)c14)B3c1cc3c4ccccc4n(-c4ccc(C#N)cc4)c3c3cc4c5ccccc5n(-c5ccc(C#N)cc5)c4c-2c13. The summed E-state index contributed by atoms with van der Waals surface area (Å²) in [5.74, 6) is 0. The summed E-state index contributed by atoms with van der Waals surface area (Å²) in [4.78, 5) is 0. The van der Waals surface area contributed by atoms with Crippen LogP contribution >= 0.6 is 0 Å². The molecule has 88 heavy (non-hydrogen) atoms. The number of hydrogen-bond acceptors (Lipinski definition) is 4. The summed E-state index contributed by atoms with van der Waals surface area (Å²) in [6, 6.07) is 91.3. The lowest BCUT2D eigenvalue weighted by atomic mass is 9.30. The summed E-state index contributed by atoms with van der Waals surface area (Å²) in [5.41, 5.74) is 24.3. The zero-order valence-corrected chi connectivity index (χ0v) is 47.1. The van der Waals surface area contributed by atoms with Crippen LogP contribution in [0.3, 0.4) is 0 Å². The van der Waals surface area contributed by atoms with Crippen LogP contribution in [0.1, 0.15) is 27.8 Å². The molecule has 0 radical (unpaired) electrons. The van der Waals surface area contributed by atoms with E-state index < -0.39 is 0 Å². The van der Waals surface area contributed by atoms with Gasteiger partial charge in [0.2, 0.25) is 6.71 Å². The normalized spacial score (nSPS) is 12.3. The fourth-order valence-corrected chi connectivity index (χ4v) is 15.8. The van der Waals surface area contributed by atoms with Crippen molar-refractivity contribution in [1.82, 2.24) is 18.3 Å². The standard InChI is InChI=1S/C79H41BN8/c1-44-34-61-73-71-63(36-57-53-10-2-8-16-69(53)87(78(57)73)51-30-22-47(42-83)23-31-51)76-59(55-12-4-6-14-67(55)85(76)49-26-18-45(40-81)19-27-49)38-65(71)80-66-39-60-56-13-5-7-15-68(56)86(50-28-20-46(41-82)21-29-50)77(60)64-37-58-54-11-3-9-17-70(54)88(52-32-24-48(43-84)25-33-52)79(58)74(72(64)66)62(35-44)75(61)80/h2-39H,1H3. The van der Waals surface area contributed by atoms with E-state index in [1.165, 1.54) is 27.2 Å². The van der Waals surface area contributed by atoms with Crippen molar-refractivity contribution in [3.63, 3.8) is 0 Å². The molecular weight excluding hydrogens is 1070 g/mol. The van der Waals surface area contributed by atoms with Crippen molar-refractivity contribution in [1.29, 1.82) is 21.0 Å². The van der Waals surface area contributed by atoms with Gasteiger partial charge in [-0.2, -0.15) is 21.0 Å². The predicted molar refractivity (Wildman–Crippen MR) is 358 cm³/mol. The van der Waals surface area contributed by atoms with Gasteiger partial charge in [-0.15, -0.1) is 0 Å². The van der Waals surface area contributed by atoms with Crippen molar-refractivity contribution in [2.45, 2.75) is 6.92 Å². The molecule has 0 spiro atoms. The average Bonchev–Trinajstić information content (AvgIpc) is 1.38. The second-order valence-corrected chi connectivity index (χ2v) is 23.6. The summed E-state index contributed by atoms with van der Waals surface area (Å²) in [5, 5.41) is 54.1. The molecule has 0 amide bonds. The Labute approximate surface area is 502 Å². The van der Waals surface area contributed by atoms with Crippen LogP contribution in [-0.2, 0) is 0 Å². The fraction of sp³-hybridized carbons (Fsp3) is 0.0127. The van der Waals surface area contributed by atoms with Gasteiger partial charge in [-0.25, -0.2) is 0 Å². The molecule has 19 rings (SSSR count). The van der Waals surface area contributed by atoms with Gasteiger partial charge in [-0.05, 0) is 168 Å². The lowest BCUT2D eigenvalue weighted by Crippen LogP contribution is -2.57. The lowest BCUT2D eigenvalue weighted by Gasteiger charge is -2.36. The Balaban J connectivity index is 1.08. The van der Waals surface area contributed by atoms with E-state index in [-0.39, 0.29) is 6.71 Å². The summed E-state index contributed by atoms with van der Waals surface area (Å²) >= 11 is 0. The second kappa shape index (κ2) is 17.4. The third-order valence-corrected chi connectivity index (χ3v) is 19.2. The van der Waals surface area contributed by atoms with Crippen LogP contribution in [0.4, 0.5) is 0 Å². The van der Waals surface area contributed by atoms with E-state index in [4.69, 9.17) is 0 Å². The predicted octanol–water partition coefficient (Wildman–Crippen LogP) is 16.7. The van der Waals surface area contributed by atoms with Crippen LogP contribution in [0.15, 0.2) is 231 Å². The van der Waals surface area contributed by atoms with Crippen molar-refractivity contribution in [2.75, 3.05) is 0 Å². The summed E-state index contributed by atoms with van der Waals surface area (Å²) < 4.78 is 9.68. The largest absolute Gasteiger partial charge is 0.309 e. The molecule has 2 aliphatic heterocycles. The molecule has 0 saturated heterocycles. The van der Waals surface area contributed by atoms with E-state index in [0.717, 1.165) is 149 Å². The third kappa shape index (κ3) is 6.13. The number of rotatable bonds is 4. The van der Waals surface area contributed by atoms with Gasteiger partial charge < -0.3 is 18.3 Å². The van der Waals surface area contributed by atoms with Gasteiger partial charge >= 0.3 is 0 Å². The number of aryl methyl sites for hydroxylation is 1. The Morgan fingerprint density at radius 1 is 0.295 bits per heavy atom. The highest BCUT2D eigenvalue weighted by Gasteiger charge is 2.43. The number of benzene rings is 13. The lowest BCUT2D eigenvalue weighted by molar-refractivity contribution is 1.18. The molecule has 17 aromatic rings. The summed E-state index contributed by atoms with van der Waals surface area (Å²) in [7, 11) is 0. The molecule has 0 bridgehead atoms. The number of nitriles is 4. The van der Waals surface area contributed by atoms with Crippen molar-refractivity contribution in [3.05, 3.63) is 258 Å². The van der Waals surface area contributed by atoms with E-state index in [1.54, 1.807) is 0 Å². The van der Waals surface area contributed by atoms with Gasteiger partial charge in [0.05, 0.1) is 90.7 Å². The van der Waals surface area contributed by atoms with Gasteiger partial charge in [-0.3, -0.25) is 0 Å². The minimum Gasteiger partial charge on any atom is -0.309 e. The molecule has 0 unspecified atom stereocenters. The van der Waals surface area contributed by atoms with Crippen LogP contribution < -0.4 is 16.4 Å². The van der Waals surface area contributed by atoms with Crippen LogP contribution in [0, 0.1) is 52.2 Å². The quantitative estimate of drug-likeness (QED) is 0.163. The van der Waals surface area contributed by atoms with E-state index in [9.17, 15) is 21.0 Å². The molecule has 0 atom stereocenters. The number of hydrogen-bond donors (Lipinski definition) is 0. The van der Waals surface area contributed by atoms with E-state index in [1.807, 2.05) is 48.5 Å². The highest BCUT2D eigenvalue weighted by molar-refractivity contribution is 7.02. The zero-order valence-electron chi connectivity index (χ0n) is 47.1. The monoisotopic (exact) mass is 1110 g/mol. The van der Waals surface area contributed by atoms with Crippen LogP contribution in [-0.4, -0.2) is 25.0 Å². The first kappa shape index (κ1) is 48.0. The van der Waals surface area contributed by atoms with Crippen molar-refractivity contribution < 1.29 is 0 Å². The van der Waals surface area contributed by atoms with Gasteiger partial charge in [0.15, 0.2) is 0 Å². The zero-order chi connectivity index (χ0) is 58.4. The number of aromatic nitrogens is 4. The van der Waals surface area contributed by atoms with E-state index in [2.05, 4.69) is 231 Å². The summed E-state index contributed by atoms with van der Waals surface area (Å²) in [6.07, 6.45) is 0. The maximum Gasteiger partial charge on any atom is 0.244 e. The molecule has 0 N–H and O–H groups in total. The first-order chi connectivity index (χ1) is 43.4. The van der Waals surface area contributed by atoms with Crippen molar-refractivity contribution >= 4 is 132 Å². The van der Waals surface area contributed by atoms with Gasteiger partial charge in [0, 0.05) is 87.7 Å². The molecule has 0 aliphatic carbocycles. The minimum absolute atomic E-state index is 0.270. The molecular formula is C79H41BN8. The molecule has 4 aromatic heterocycles. The molecule has 8 nitrogen and oxygen atoms in total. The Morgan fingerprint density at radius 2 is 0.580 bits per heavy atom. The maximum atomic E-state index is 10.1. The molecule has 6 heterocycles. The fourth-order valence-electron chi connectivity index (χ4n) is 15.8.